The largest absolute Gasteiger partial charge is 0.353 e. The van der Waals surface area contributed by atoms with Crippen molar-refractivity contribution in [2.45, 2.75) is 45.6 Å². The van der Waals surface area contributed by atoms with Crippen molar-refractivity contribution in [3.05, 3.63) is 0 Å². The molecule has 0 saturated heterocycles. The zero-order valence-electron chi connectivity index (χ0n) is 7.90. The van der Waals surface area contributed by atoms with Gasteiger partial charge in [0.05, 0.1) is 5.33 Å². The van der Waals surface area contributed by atoms with E-state index in [-0.39, 0.29) is 5.91 Å². The summed E-state index contributed by atoms with van der Waals surface area (Å²) in [5.74, 6) is 0.0824. The molecular formula is C9H18BrNO. The topological polar surface area (TPSA) is 29.1 Å². The van der Waals surface area contributed by atoms with Crippen LogP contribution in [0, 0.1) is 0 Å². The number of rotatable bonds is 6. The van der Waals surface area contributed by atoms with Crippen LogP contribution in [-0.4, -0.2) is 17.3 Å². The van der Waals surface area contributed by atoms with E-state index in [1.54, 1.807) is 0 Å². The molecule has 0 spiro atoms. The molecule has 1 amide bonds. The first-order valence-corrected chi connectivity index (χ1v) is 5.68. The lowest BCUT2D eigenvalue weighted by molar-refractivity contribution is -0.119. The van der Waals surface area contributed by atoms with Crippen molar-refractivity contribution < 1.29 is 4.79 Å². The Balaban J connectivity index is 3.32. The Bertz CT molecular complexity index is 128. The highest BCUT2D eigenvalue weighted by Gasteiger charge is 2.04. The molecule has 0 bridgehead atoms. The van der Waals surface area contributed by atoms with Crippen LogP contribution < -0.4 is 5.32 Å². The summed E-state index contributed by atoms with van der Waals surface area (Å²) in [7, 11) is 0. The van der Waals surface area contributed by atoms with E-state index in [0.717, 1.165) is 6.42 Å². The summed E-state index contributed by atoms with van der Waals surface area (Å²) in [6.45, 7) is 4.23. The first-order chi connectivity index (χ1) is 5.70. The van der Waals surface area contributed by atoms with Gasteiger partial charge < -0.3 is 5.32 Å². The van der Waals surface area contributed by atoms with Crippen molar-refractivity contribution in [1.29, 1.82) is 0 Å². The van der Waals surface area contributed by atoms with Gasteiger partial charge in [0.1, 0.15) is 0 Å². The van der Waals surface area contributed by atoms with Crippen molar-refractivity contribution in [1.82, 2.24) is 5.32 Å². The maximum atomic E-state index is 10.9. The van der Waals surface area contributed by atoms with Crippen LogP contribution in [0.4, 0.5) is 0 Å². The van der Waals surface area contributed by atoms with E-state index in [9.17, 15) is 4.79 Å². The molecule has 72 valence electrons. The van der Waals surface area contributed by atoms with Crippen LogP contribution in [-0.2, 0) is 4.79 Å². The second-order valence-electron chi connectivity index (χ2n) is 3.10. The van der Waals surface area contributed by atoms with Gasteiger partial charge in [0.25, 0.3) is 0 Å². The fraction of sp³-hybridized carbons (Fsp3) is 0.889. The lowest BCUT2D eigenvalue weighted by Gasteiger charge is -2.11. The summed E-state index contributed by atoms with van der Waals surface area (Å²) < 4.78 is 0. The highest BCUT2D eigenvalue weighted by molar-refractivity contribution is 9.09. The highest BCUT2D eigenvalue weighted by Crippen LogP contribution is 2.02. The van der Waals surface area contributed by atoms with Crippen molar-refractivity contribution in [3.8, 4) is 0 Å². The lowest BCUT2D eigenvalue weighted by atomic mass is 10.1. The van der Waals surface area contributed by atoms with E-state index >= 15 is 0 Å². The van der Waals surface area contributed by atoms with Gasteiger partial charge in [-0.25, -0.2) is 0 Å². The average Bonchev–Trinajstić information content (AvgIpc) is 2.05. The lowest BCUT2D eigenvalue weighted by Crippen LogP contribution is -2.33. The van der Waals surface area contributed by atoms with Gasteiger partial charge in [0, 0.05) is 6.04 Å². The molecule has 0 fully saturated rings. The molecule has 2 nitrogen and oxygen atoms in total. The molecule has 0 aromatic heterocycles. The predicted octanol–water partition coefficient (Wildman–Crippen LogP) is 2.47. The fourth-order valence-electron chi connectivity index (χ4n) is 1.09. The van der Waals surface area contributed by atoms with Gasteiger partial charge in [-0.15, -0.1) is 0 Å². The number of unbranched alkanes of at least 4 members (excludes halogenated alkanes) is 2. The molecule has 0 heterocycles. The molecule has 0 saturated carbocycles. The number of carbonyl (C=O) groups is 1. The first-order valence-electron chi connectivity index (χ1n) is 4.56. The first kappa shape index (κ1) is 11.9. The van der Waals surface area contributed by atoms with Crippen LogP contribution in [0.2, 0.25) is 0 Å². The van der Waals surface area contributed by atoms with Crippen molar-refractivity contribution in [2.24, 2.45) is 0 Å². The summed E-state index contributed by atoms with van der Waals surface area (Å²) in [6.07, 6.45) is 4.79. The van der Waals surface area contributed by atoms with Crippen LogP contribution in [0.3, 0.4) is 0 Å². The molecule has 0 aliphatic heterocycles. The van der Waals surface area contributed by atoms with Gasteiger partial charge in [0.2, 0.25) is 5.91 Å². The maximum absolute atomic E-state index is 10.9. The Kier molecular flexibility index (Phi) is 7.56. The molecule has 0 aromatic carbocycles. The smallest absolute Gasteiger partial charge is 0.230 e. The molecule has 12 heavy (non-hydrogen) atoms. The molecule has 1 unspecified atom stereocenters. The predicted molar refractivity (Wildman–Crippen MR) is 55.5 cm³/mol. The summed E-state index contributed by atoms with van der Waals surface area (Å²) in [6, 6.07) is 0.321. The van der Waals surface area contributed by atoms with E-state index < -0.39 is 0 Å². The van der Waals surface area contributed by atoms with E-state index in [4.69, 9.17) is 0 Å². The van der Waals surface area contributed by atoms with Crippen LogP contribution in [0.25, 0.3) is 0 Å². The number of halogens is 1. The summed E-state index contributed by atoms with van der Waals surface area (Å²) in [5, 5.41) is 3.31. The Morgan fingerprint density at radius 2 is 2.17 bits per heavy atom. The van der Waals surface area contributed by atoms with Gasteiger partial charge in [-0.05, 0) is 13.3 Å². The Morgan fingerprint density at radius 1 is 1.50 bits per heavy atom. The SMILES string of the molecule is CCCCCC(C)NC(=O)CBr. The summed E-state index contributed by atoms with van der Waals surface area (Å²) in [5.41, 5.74) is 0. The van der Waals surface area contributed by atoms with Crippen LogP contribution in [0.15, 0.2) is 0 Å². The third-order valence-corrected chi connectivity index (χ3v) is 2.28. The van der Waals surface area contributed by atoms with E-state index in [1.165, 1.54) is 19.3 Å². The zero-order valence-corrected chi connectivity index (χ0v) is 9.49. The summed E-state index contributed by atoms with van der Waals surface area (Å²) >= 11 is 3.11. The average molecular weight is 236 g/mol. The number of alkyl halides is 1. The summed E-state index contributed by atoms with van der Waals surface area (Å²) in [4.78, 5) is 10.9. The number of hydrogen-bond donors (Lipinski definition) is 1. The molecule has 1 N–H and O–H groups in total. The van der Waals surface area contributed by atoms with Gasteiger partial charge in [-0.1, -0.05) is 42.1 Å². The minimum atomic E-state index is 0.0824. The molecule has 0 aliphatic carbocycles. The second-order valence-corrected chi connectivity index (χ2v) is 3.66. The molecule has 1 atom stereocenters. The number of nitrogens with one attached hydrogen (secondary N) is 1. The van der Waals surface area contributed by atoms with Crippen LogP contribution in [0.5, 0.6) is 0 Å². The number of amides is 1. The van der Waals surface area contributed by atoms with Gasteiger partial charge in [-0.3, -0.25) is 4.79 Å². The van der Waals surface area contributed by atoms with E-state index in [2.05, 4.69) is 35.1 Å². The van der Waals surface area contributed by atoms with Gasteiger partial charge >= 0.3 is 0 Å². The molecular weight excluding hydrogens is 218 g/mol. The minimum Gasteiger partial charge on any atom is -0.353 e. The Hall–Kier alpha value is -0.0500. The third-order valence-electron chi connectivity index (χ3n) is 1.77. The van der Waals surface area contributed by atoms with Crippen molar-refractivity contribution >= 4 is 21.8 Å². The third kappa shape index (κ3) is 6.65. The van der Waals surface area contributed by atoms with Crippen LogP contribution in [0.1, 0.15) is 39.5 Å². The van der Waals surface area contributed by atoms with Crippen LogP contribution >= 0.6 is 15.9 Å². The quantitative estimate of drug-likeness (QED) is 0.557. The van der Waals surface area contributed by atoms with Gasteiger partial charge in [-0.2, -0.15) is 0 Å². The Morgan fingerprint density at radius 3 is 2.67 bits per heavy atom. The van der Waals surface area contributed by atoms with E-state index in [0.29, 0.717) is 11.4 Å². The van der Waals surface area contributed by atoms with Crippen molar-refractivity contribution in [3.63, 3.8) is 0 Å². The molecule has 0 aliphatic rings. The maximum Gasteiger partial charge on any atom is 0.230 e. The highest BCUT2D eigenvalue weighted by atomic mass is 79.9. The molecule has 3 heteroatoms. The van der Waals surface area contributed by atoms with Crippen molar-refractivity contribution in [2.75, 3.05) is 5.33 Å². The number of hydrogen-bond acceptors (Lipinski definition) is 1. The zero-order chi connectivity index (χ0) is 9.40. The minimum absolute atomic E-state index is 0.0824. The fourth-order valence-corrected chi connectivity index (χ4v) is 1.25. The van der Waals surface area contributed by atoms with E-state index in [1.807, 2.05) is 0 Å². The number of carbonyl (C=O) groups excluding carboxylic acids is 1. The molecule has 0 aromatic rings. The Labute approximate surface area is 83.2 Å². The molecule has 0 rings (SSSR count). The normalized spacial score (nSPS) is 12.6. The second kappa shape index (κ2) is 7.59. The standard InChI is InChI=1S/C9H18BrNO/c1-3-4-5-6-8(2)11-9(12)7-10/h8H,3-7H2,1-2H3,(H,11,12). The van der Waals surface area contributed by atoms with Gasteiger partial charge in [0.15, 0.2) is 0 Å². The monoisotopic (exact) mass is 235 g/mol. The molecule has 0 radical (unpaired) electrons.